The van der Waals surface area contributed by atoms with Gasteiger partial charge in [-0.2, -0.15) is 4.98 Å². The Labute approximate surface area is 171 Å². The maximum absolute atomic E-state index is 12.9. The fraction of sp³-hybridized carbons (Fsp3) is 0.591. The topological polar surface area (TPSA) is 77.7 Å². The number of ether oxygens (including phenoxy) is 2. The van der Waals surface area contributed by atoms with E-state index in [-0.39, 0.29) is 11.3 Å². The molecule has 1 aliphatic heterocycles. The Kier molecular flexibility index (Phi) is 5.85. The fourth-order valence-electron chi connectivity index (χ4n) is 4.30. The van der Waals surface area contributed by atoms with Gasteiger partial charge in [-0.15, -0.1) is 0 Å². The highest BCUT2D eigenvalue weighted by molar-refractivity contribution is 5.79. The standard InChI is InChI=1S/C22H29N3O4/c1-27-15-19-23-21(24-29-19)22(14-16-6-7-16)8-10-25(11-9-22)20(26)13-17-4-3-5-18(12-17)28-2/h3-5,12,16H,6-11,13-15H2,1-2H3. The first-order chi connectivity index (χ1) is 14.1. The van der Waals surface area contributed by atoms with Gasteiger partial charge in [-0.1, -0.05) is 30.1 Å². The van der Waals surface area contributed by atoms with Crippen molar-refractivity contribution in [2.45, 2.75) is 50.5 Å². The minimum atomic E-state index is -0.0938. The third-order valence-electron chi connectivity index (χ3n) is 6.15. The molecule has 2 heterocycles. The van der Waals surface area contributed by atoms with Crippen molar-refractivity contribution in [3.05, 3.63) is 41.5 Å². The van der Waals surface area contributed by atoms with E-state index in [1.165, 1.54) is 12.8 Å². The van der Waals surface area contributed by atoms with Gasteiger partial charge in [0.15, 0.2) is 5.82 Å². The van der Waals surface area contributed by atoms with Crippen LogP contribution in [0.15, 0.2) is 28.8 Å². The molecule has 0 spiro atoms. The number of rotatable bonds is 8. The summed E-state index contributed by atoms with van der Waals surface area (Å²) in [6, 6.07) is 7.71. The number of carbonyl (C=O) groups excluding carboxylic acids is 1. The highest BCUT2D eigenvalue weighted by atomic mass is 16.5. The van der Waals surface area contributed by atoms with Crippen molar-refractivity contribution in [2.75, 3.05) is 27.3 Å². The van der Waals surface area contributed by atoms with E-state index in [0.29, 0.717) is 18.9 Å². The summed E-state index contributed by atoms with van der Waals surface area (Å²) in [5, 5.41) is 4.28. The van der Waals surface area contributed by atoms with Gasteiger partial charge in [0.2, 0.25) is 5.91 Å². The van der Waals surface area contributed by atoms with Crippen LogP contribution in [-0.2, 0) is 28.0 Å². The molecule has 2 fully saturated rings. The molecule has 0 bridgehead atoms. The number of likely N-dealkylation sites (tertiary alicyclic amines) is 1. The van der Waals surface area contributed by atoms with Gasteiger partial charge in [-0.25, -0.2) is 0 Å². The fourth-order valence-corrected chi connectivity index (χ4v) is 4.30. The Morgan fingerprint density at radius 3 is 2.76 bits per heavy atom. The zero-order valence-corrected chi connectivity index (χ0v) is 17.2. The Hall–Kier alpha value is -2.41. The van der Waals surface area contributed by atoms with Gasteiger partial charge in [0.25, 0.3) is 5.89 Å². The summed E-state index contributed by atoms with van der Waals surface area (Å²) in [5.41, 5.74) is 0.884. The Morgan fingerprint density at radius 2 is 2.07 bits per heavy atom. The lowest BCUT2D eigenvalue weighted by Gasteiger charge is -2.40. The molecule has 0 N–H and O–H groups in total. The molecule has 0 atom stereocenters. The second-order valence-electron chi connectivity index (χ2n) is 8.28. The Balaban J connectivity index is 1.42. The van der Waals surface area contributed by atoms with E-state index in [1.54, 1.807) is 14.2 Å². The normalized spacial score (nSPS) is 18.6. The third-order valence-corrected chi connectivity index (χ3v) is 6.15. The molecule has 29 heavy (non-hydrogen) atoms. The number of piperidine rings is 1. The number of benzene rings is 1. The van der Waals surface area contributed by atoms with E-state index in [0.717, 1.165) is 55.4 Å². The van der Waals surface area contributed by atoms with E-state index < -0.39 is 0 Å². The molecule has 2 aromatic rings. The van der Waals surface area contributed by atoms with Crippen molar-refractivity contribution in [1.82, 2.24) is 15.0 Å². The molecular formula is C22H29N3O4. The monoisotopic (exact) mass is 399 g/mol. The van der Waals surface area contributed by atoms with Crippen molar-refractivity contribution >= 4 is 5.91 Å². The average molecular weight is 399 g/mol. The van der Waals surface area contributed by atoms with Crippen LogP contribution in [-0.4, -0.2) is 48.3 Å². The van der Waals surface area contributed by atoms with Crippen LogP contribution in [0, 0.1) is 5.92 Å². The average Bonchev–Trinajstić information content (AvgIpc) is 3.42. The smallest absolute Gasteiger partial charge is 0.252 e. The first-order valence-corrected chi connectivity index (χ1v) is 10.3. The summed E-state index contributed by atoms with van der Waals surface area (Å²) < 4.78 is 15.8. The summed E-state index contributed by atoms with van der Waals surface area (Å²) >= 11 is 0. The summed E-state index contributed by atoms with van der Waals surface area (Å²) in [5.74, 6) is 3.00. The van der Waals surface area contributed by atoms with Crippen LogP contribution in [0.4, 0.5) is 0 Å². The predicted molar refractivity (Wildman–Crippen MR) is 107 cm³/mol. The molecule has 1 saturated carbocycles. The summed E-state index contributed by atoms with van der Waals surface area (Å²) in [6.45, 7) is 1.78. The molecular weight excluding hydrogens is 370 g/mol. The van der Waals surface area contributed by atoms with Gasteiger partial charge >= 0.3 is 0 Å². The van der Waals surface area contributed by atoms with E-state index in [1.807, 2.05) is 29.2 Å². The number of amides is 1. The highest BCUT2D eigenvalue weighted by Gasteiger charge is 2.44. The molecule has 1 aliphatic carbocycles. The second-order valence-corrected chi connectivity index (χ2v) is 8.28. The van der Waals surface area contributed by atoms with Gasteiger partial charge in [0.1, 0.15) is 12.4 Å². The van der Waals surface area contributed by atoms with Crippen molar-refractivity contribution < 1.29 is 18.8 Å². The lowest BCUT2D eigenvalue weighted by atomic mass is 9.73. The largest absolute Gasteiger partial charge is 0.497 e. The van der Waals surface area contributed by atoms with E-state index in [2.05, 4.69) is 10.1 Å². The van der Waals surface area contributed by atoms with E-state index >= 15 is 0 Å². The molecule has 7 heteroatoms. The van der Waals surface area contributed by atoms with Crippen molar-refractivity contribution in [1.29, 1.82) is 0 Å². The quantitative estimate of drug-likeness (QED) is 0.679. The van der Waals surface area contributed by atoms with Gasteiger partial charge in [0.05, 0.1) is 13.5 Å². The maximum Gasteiger partial charge on any atom is 0.252 e. The molecule has 1 amide bonds. The van der Waals surface area contributed by atoms with Crippen molar-refractivity contribution in [3.63, 3.8) is 0 Å². The second kappa shape index (κ2) is 8.53. The van der Waals surface area contributed by atoms with Crippen LogP contribution in [0.1, 0.15) is 49.4 Å². The zero-order valence-electron chi connectivity index (χ0n) is 17.2. The van der Waals surface area contributed by atoms with Crippen LogP contribution >= 0.6 is 0 Å². The lowest BCUT2D eigenvalue weighted by Crippen LogP contribution is -2.46. The molecule has 2 aliphatic rings. The van der Waals surface area contributed by atoms with E-state index in [9.17, 15) is 4.79 Å². The number of nitrogens with zero attached hydrogens (tertiary/aromatic N) is 3. The summed E-state index contributed by atoms with van der Waals surface area (Å²) in [7, 11) is 3.26. The van der Waals surface area contributed by atoms with Crippen LogP contribution in [0.2, 0.25) is 0 Å². The predicted octanol–water partition coefficient (Wildman–Crippen LogP) is 3.13. The number of aromatic nitrogens is 2. The van der Waals surface area contributed by atoms with Crippen LogP contribution in [0.5, 0.6) is 5.75 Å². The molecule has 1 aromatic carbocycles. The van der Waals surface area contributed by atoms with Crippen LogP contribution in [0.3, 0.4) is 0 Å². The molecule has 7 nitrogen and oxygen atoms in total. The molecule has 156 valence electrons. The Morgan fingerprint density at radius 1 is 1.28 bits per heavy atom. The van der Waals surface area contributed by atoms with Gasteiger partial charge in [0, 0.05) is 25.6 Å². The maximum atomic E-state index is 12.9. The number of methoxy groups -OCH3 is 2. The first kappa shape index (κ1) is 19.9. The van der Waals surface area contributed by atoms with E-state index in [4.69, 9.17) is 14.0 Å². The van der Waals surface area contributed by atoms with Gasteiger partial charge in [-0.3, -0.25) is 4.79 Å². The lowest BCUT2D eigenvalue weighted by molar-refractivity contribution is -0.132. The Bertz CT molecular complexity index is 838. The summed E-state index contributed by atoms with van der Waals surface area (Å²) in [6.07, 6.45) is 5.79. The third kappa shape index (κ3) is 4.61. The van der Waals surface area contributed by atoms with Gasteiger partial charge < -0.3 is 18.9 Å². The van der Waals surface area contributed by atoms with Crippen molar-refractivity contribution in [3.8, 4) is 5.75 Å². The molecule has 1 aromatic heterocycles. The molecule has 4 rings (SSSR count). The SMILES string of the molecule is COCc1nc(C2(CC3CC3)CCN(C(=O)Cc3cccc(OC)c3)CC2)no1. The highest BCUT2D eigenvalue weighted by Crippen LogP contribution is 2.46. The van der Waals surface area contributed by atoms with Crippen LogP contribution in [0.25, 0.3) is 0 Å². The number of hydrogen-bond acceptors (Lipinski definition) is 6. The minimum Gasteiger partial charge on any atom is -0.497 e. The van der Waals surface area contributed by atoms with Crippen LogP contribution < -0.4 is 4.74 Å². The van der Waals surface area contributed by atoms with Crippen molar-refractivity contribution in [2.24, 2.45) is 5.92 Å². The molecule has 1 saturated heterocycles. The molecule has 0 unspecified atom stereocenters. The number of carbonyl (C=O) groups is 1. The zero-order chi connectivity index (χ0) is 20.3. The summed E-state index contributed by atoms with van der Waals surface area (Å²) in [4.78, 5) is 19.4. The number of hydrogen-bond donors (Lipinski definition) is 0. The molecule has 0 radical (unpaired) electrons. The van der Waals surface area contributed by atoms with Gasteiger partial charge in [-0.05, 0) is 42.9 Å². The first-order valence-electron chi connectivity index (χ1n) is 10.3. The minimum absolute atomic E-state index is 0.0938.